The fourth-order valence-electron chi connectivity index (χ4n) is 2.84. The van der Waals surface area contributed by atoms with Crippen molar-refractivity contribution < 1.29 is 14.6 Å². The molecule has 1 aromatic carbocycles. The Kier molecular flexibility index (Phi) is 6.21. The van der Waals surface area contributed by atoms with Crippen LogP contribution in [0.2, 0.25) is 0 Å². The molecule has 1 N–H and O–H groups in total. The zero-order chi connectivity index (χ0) is 15.3. The second-order valence-electron chi connectivity index (χ2n) is 5.53. The number of carbonyl (C=O) groups excluding carboxylic acids is 1. The van der Waals surface area contributed by atoms with Crippen LogP contribution in [0.4, 0.5) is 0 Å². The van der Waals surface area contributed by atoms with E-state index in [1.807, 2.05) is 32.9 Å². The molecule has 0 saturated heterocycles. The standard InChI is InChI=1S/C17H26O3/c1-6-7-8-14(17(19)20-5)16(18)15-12(3)9-11(2)10-13(15)4/h9-10,14,16,18H,6-8H2,1-5H3. The molecule has 0 aliphatic heterocycles. The SMILES string of the molecule is CCCCC(C(=O)OC)C(O)c1c(C)cc(C)cc1C. The van der Waals surface area contributed by atoms with Crippen molar-refractivity contribution in [2.45, 2.75) is 53.1 Å². The van der Waals surface area contributed by atoms with Crippen molar-refractivity contribution in [3.63, 3.8) is 0 Å². The first kappa shape index (κ1) is 16.7. The Morgan fingerprint density at radius 2 is 1.80 bits per heavy atom. The number of hydrogen-bond donors (Lipinski definition) is 1. The van der Waals surface area contributed by atoms with Gasteiger partial charge >= 0.3 is 5.97 Å². The number of aliphatic hydroxyl groups is 1. The summed E-state index contributed by atoms with van der Waals surface area (Å²) in [5, 5.41) is 10.7. The molecule has 0 spiro atoms. The third-order valence-corrected chi connectivity index (χ3v) is 3.79. The molecule has 20 heavy (non-hydrogen) atoms. The fourth-order valence-corrected chi connectivity index (χ4v) is 2.84. The second-order valence-corrected chi connectivity index (χ2v) is 5.53. The van der Waals surface area contributed by atoms with Crippen LogP contribution in [0.3, 0.4) is 0 Å². The van der Waals surface area contributed by atoms with Gasteiger partial charge < -0.3 is 9.84 Å². The minimum Gasteiger partial charge on any atom is -0.469 e. The number of esters is 1. The van der Waals surface area contributed by atoms with Crippen LogP contribution in [0.5, 0.6) is 0 Å². The van der Waals surface area contributed by atoms with Crippen molar-refractivity contribution in [2.75, 3.05) is 7.11 Å². The Morgan fingerprint density at radius 3 is 2.25 bits per heavy atom. The predicted molar refractivity (Wildman–Crippen MR) is 80.6 cm³/mol. The third-order valence-electron chi connectivity index (χ3n) is 3.79. The molecule has 1 aromatic rings. The van der Waals surface area contributed by atoms with Gasteiger partial charge in [0.25, 0.3) is 0 Å². The first-order chi connectivity index (χ1) is 9.42. The molecule has 0 bridgehead atoms. The van der Waals surface area contributed by atoms with Crippen molar-refractivity contribution in [1.29, 1.82) is 0 Å². The van der Waals surface area contributed by atoms with Crippen LogP contribution >= 0.6 is 0 Å². The maximum absolute atomic E-state index is 11.9. The number of hydrogen-bond acceptors (Lipinski definition) is 3. The maximum atomic E-state index is 11.9. The molecule has 2 unspecified atom stereocenters. The highest BCUT2D eigenvalue weighted by atomic mass is 16.5. The van der Waals surface area contributed by atoms with Crippen LogP contribution in [0.25, 0.3) is 0 Å². The van der Waals surface area contributed by atoms with E-state index in [4.69, 9.17) is 4.74 Å². The van der Waals surface area contributed by atoms with Crippen molar-refractivity contribution in [2.24, 2.45) is 5.92 Å². The zero-order valence-corrected chi connectivity index (χ0v) is 13.2. The Bertz CT molecular complexity index is 442. The minimum absolute atomic E-state index is 0.328. The number of aryl methyl sites for hydroxylation is 3. The molecule has 3 nitrogen and oxygen atoms in total. The summed E-state index contributed by atoms with van der Waals surface area (Å²) >= 11 is 0. The lowest BCUT2D eigenvalue weighted by Crippen LogP contribution is -2.25. The van der Waals surface area contributed by atoms with Crippen LogP contribution in [0.15, 0.2) is 12.1 Å². The smallest absolute Gasteiger partial charge is 0.311 e. The summed E-state index contributed by atoms with van der Waals surface area (Å²) in [5.74, 6) is -0.814. The highest BCUT2D eigenvalue weighted by molar-refractivity contribution is 5.73. The number of methoxy groups -OCH3 is 1. The van der Waals surface area contributed by atoms with Gasteiger partial charge in [-0.15, -0.1) is 0 Å². The van der Waals surface area contributed by atoms with Gasteiger partial charge in [0.05, 0.1) is 19.1 Å². The van der Waals surface area contributed by atoms with E-state index >= 15 is 0 Å². The number of aliphatic hydroxyl groups excluding tert-OH is 1. The summed E-state index contributed by atoms with van der Waals surface area (Å²) in [7, 11) is 1.38. The topological polar surface area (TPSA) is 46.5 Å². The Morgan fingerprint density at radius 1 is 1.25 bits per heavy atom. The van der Waals surface area contributed by atoms with Gasteiger partial charge in [-0.1, -0.05) is 37.5 Å². The van der Waals surface area contributed by atoms with E-state index in [1.54, 1.807) is 0 Å². The van der Waals surface area contributed by atoms with Crippen molar-refractivity contribution in [3.05, 3.63) is 34.4 Å². The molecule has 112 valence electrons. The lowest BCUT2D eigenvalue weighted by atomic mass is 9.86. The summed E-state index contributed by atoms with van der Waals surface area (Å²) in [6.45, 7) is 8.06. The molecule has 0 heterocycles. The molecule has 2 atom stereocenters. The van der Waals surface area contributed by atoms with Crippen LogP contribution in [0, 0.1) is 26.7 Å². The van der Waals surface area contributed by atoms with Crippen molar-refractivity contribution >= 4 is 5.97 Å². The largest absolute Gasteiger partial charge is 0.469 e. The summed E-state index contributed by atoms with van der Waals surface area (Å²) < 4.78 is 4.86. The summed E-state index contributed by atoms with van der Waals surface area (Å²) in [5.41, 5.74) is 4.09. The van der Waals surface area contributed by atoms with E-state index in [0.29, 0.717) is 6.42 Å². The maximum Gasteiger partial charge on any atom is 0.311 e. The first-order valence-electron chi connectivity index (χ1n) is 7.26. The molecule has 0 saturated carbocycles. The lowest BCUT2D eigenvalue weighted by molar-refractivity contribution is -0.150. The second kappa shape index (κ2) is 7.44. The van der Waals surface area contributed by atoms with Crippen LogP contribution in [-0.2, 0) is 9.53 Å². The van der Waals surface area contributed by atoms with E-state index in [0.717, 1.165) is 29.5 Å². The molecule has 3 heteroatoms. The summed E-state index contributed by atoms with van der Waals surface area (Å²) in [4.78, 5) is 11.9. The quantitative estimate of drug-likeness (QED) is 0.808. The van der Waals surface area contributed by atoms with Crippen molar-refractivity contribution in [1.82, 2.24) is 0 Å². The highest BCUT2D eigenvalue weighted by Gasteiger charge is 2.30. The van der Waals surface area contributed by atoms with Gasteiger partial charge in [0.15, 0.2) is 0 Å². The van der Waals surface area contributed by atoms with E-state index in [1.165, 1.54) is 12.7 Å². The Balaban J connectivity index is 3.11. The normalized spacial score (nSPS) is 13.9. The molecule has 0 fully saturated rings. The Hall–Kier alpha value is -1.35. The zero-order valence-electron chi connectivity index (χ0n) is 13.2. The van der Waals surface area contributed by atoms with E-state index in [2.05, 4.69) is 6.92 Å². The van der Waals surface area contributed by atoms with Gasteiger partial charge in [0, 0.05) is 0 Å². The number of ether oxygens (including phenoxy) is 1. The van der Waals surface area contributed by atoms with Crippen LogP contribution in [-0.4, -0.2) is 18.2 Å². The average molecular weight is 278 g/mol. The van der Waals surface area contributed by atoms with Gasteiger partial charge in [0.2, 0.25) is 0 Å². The molecule has 0 amide bonds. The first-order valence-corrected chi connectivity index (χ1v) is 7.26. The van der Waals surface area contributed by atoms with Crippen LogP contribution < -0.4 is 0 Å². The highest BCUT2D eigenvalue weighted by Crippen LogP contribution is 2.32. The van der Waals surface area contributed by atoms with E-state index in [9.17, 15) is 9.90 Å². The number of unbranched alkanes of at least 4 members (excludes halogenated alkanes) is 1. The Labute approximate surface area is 122 Å². The number of carbonyl (C=O) groups is 1. The summed E-state index contributed by atoms with van der Waals surface area (Å²) in [6.07, 6.45) is 1.75. The molecule has 0 aliphatic carbocycles. The molecule has 1 rings (SSSR count). The van der Waals surface area contributed by atoms with Gasteiger partial charge in [-0.25, -0.2) is 0 Å². The average Bonchev–Trinajstić information content (AvgIpc) is 2.37. The molecular weight excluding hydrogens is 252 g/mol. The number of benzene rings is 1. The van der Waals surface area contributed by atoms with Crippen molar-refractivity contribution in [3.8, 4) is 0 Å². The molecule has 0 aliphatic rings. The third kappa shape index (κ3) is 3.83. The molecule has 0 radical (unpaired) electrons. The predicted octanol–water partition coefficient (Wildman–Crippen LogP) is 3.62. The van der Waals surface area contributed by atoms with Crippen LogP contribution in [0.1, 0.15) is 54.5 Å². The van der Waals surface area contributed by atoms with Gasteiger partial charge in [0.1, 0.15) is 0 Å². The summed E-state index contributed by atoms with van der Waals surface area (Å²) in [6, 6.07) is 4.08. The fraction of sp³-hybridized carbons (Fsp3) is 0.588. The van der Waals surface area contributed by atoms with Gasteiger partial charge in [-0.2, -0.15) is 0 Å². The monoisotopic (exact) mass is 278 g/mol. The van der Waals surface area contributed by atoms with E-state index < -0.39 is 12.0 Å². The molecular formula is C17H26O3. The lowest BCUT2D eigenvalue weighted by Gasteiger charge is -2.24. The number of rotatable bonds is 6. The van der Waals surface area contributed by atoms with Gasteiger partial charge in [-0.3, -0.25) is 4.79 Å². The van der Waals surface area contributed by atoms with E-state index in [-0.39, 0.29) is 5.97 Å². The minimum atomic E-state index is -0.797. The van der Waals surface area contributed by atoms with Gasteiger partial charge in [-0.05, 0) is 43.9 Å². The molecule has 0 aromatic heterocycles.